The standard InChI is InChI=1S/C15H23N3O3S/c1-11-17-13(9-22-11)8-20-7-12-3-2-4-15(12)10-18(14(16)19)5-6-21-15/h9,12H,2-8,10H2,1H3,(H2,16,19)/t12-,15+/m1/s1. The minimum atomic E-state index is -0.354. The van der Waals surface area contributed by atoms with Crippen LogP contribution in [0.3, 0.4) is 0 Å². The van der Waals surface area contributed by atoms with Crippen LogP contribution in [0, 0.1) is 12.8 Å². The van der Waals surface area contributed by atoms with Crippen LogP contribution in [-0.2, 0) is 16.1 Å². The first-order chi connectivity index (χ1) is 10.6. The van der Waals surface area contributed by atoms with E-state index in [0.717, 1.165) is 30.0 Å². The average Bonchev–Trinajstić information content (AvgIpc) is 3.07. The average molecular weight is 325 g/mol. The Balaban J connectivity index is 1.57. The third-order valence-corrected chi connectivity index (χ3v) is 5.48. The number of rotatable bonds is 4. The van der Waals surface area contributed by atoms with E-state index in [9.17, 15) is 4.79 Å². The summed E-state index contributed by atoms with van der Waals surface area (Å²) in [6.07, 6.45) is 3.15. The van der Waals surface area contributed by atoms with Crippen molar-refractivity contribution in [1.29, 1.82) is 0 Å². The number of morpholine rings is 1. The molecule has 7 heteroatoms. The van der Waals surface area contributed by atoms with E-state index in [2.05, 4.69) is 4.98 Å². The number of thiazole rings is 1. The molecule has 0 bridgehead atoms. The van der Waals surface area contributed by atoms with Gasteiger partial charge in [-0.25, -0.2) is 9.78 Å². The molecule has 2 aliphatic rings. The first-order valence-corrected chi connectivity index (χ1v) is 8.64. The predicted molar refractivity (Wildman–Crippen MR) is 83.7 cm³/mol. The number of carbonyl (C=O) groups excluding carboxylic acids is 1. The number of amides is 2. The Kier molecular flexibility index (Phi) is 4.65. The van der Waals surface area contributed by atoms with Crippen molar-refractivity contribution < 1.29 is 14.3 Å². The van der Waals surface area contributed by atoms with E-state index < -0.39 is 0 Å². The molecular formula is C15H23N3O3S. The van der Waals surface area contributed by atoms with Crippen LogP contribution in [0.25, 0.3) is 0 Å². The Hall–Kier alpha value is -1.18. The minimum Gasteiger partial charge on any atom is -0.375 e. The van der Waals surface area contributed by atoms with Crippen molar-refractivity contribution in [2.45, 2.75) is 38.4 Å². The van der Waals surface area contributed by atoms with Crippen LogP contribution in [0.1, 0.15) is 30.0 Å². The number of hydrogen-bond donors (Lipinski definition) is 1. The normalized spacial score (nSPS) is 28.4. The SMILES string of the molecule is Cc1nc(COC[C@H]2CCC[C@]23CN(C(N)=O)CCO3)cs1. The molecular weight excluding hydrogens is 302 g/mol. The zero-order valence-corrected chi connectivity index (χ0v) is 13.7. The fourth-order valence-corrected chi connectivity index (χ4v) is 4.12. The Bertz CT molecular complexity index is 536. The van der Waals surface area contributed by atoms with E-state index in [4.69, 9.17) is 15.2 Å². The van der Waals surface area contributed by atoms with Gasteiger partial charge < -0.3 is 20.1 Å². The number of hydrogen-bond acceptors (Lipinski definition) is 5. The van der Waals surface area contributed by atoms with Crippen LogP contribution in [0.5, 0.6) is 0 Å². The summed E-state index contributed by atoms with van der Waals surface area (Å²) in [7, 11) is 0. The first-order valence-electron chi connectivity index (χ1n) is 7.76. The number of nitrogens with zero attached hydrogens (tertiary/aromatic N) is 2. The molecule has 1 saturated carbocycles. The molecule has 3 rings (SSSR count). The second-order valence-corrected chi connectivity index (χ2v) is 7.20. The van der Waals surface area contributed by atoms with Gasteiger partial charge in [0.05, 0.1) is 42.7 Å². The van der Waals surface area contributed by atoms with E-state index in [1.165, 1.54) is 0 Å². The molecule has 122 valence electrons. The van der Waals surface area contributed by atoms with E-state index in [1.807, 2.05) is 12.3 Å². The second kappa shape index (κ2) is 6.52. The highest BCUT2D eigenvalue weighted by molar-refractivity contribution is 7.09. The van der Waals surface area contributed by atoms with Gasteiger partial charge in [0.15, 0.2) is 0 Å². The topological polar surface area (TPSA) is 77.7 Å². The van der Waals surface area contributed by atoms with Gasteiger partial charge in [0.25, 0.3) is 0 Å². The van der Waals surface area contributed by atoms with E-state index in [1.54, 1.807) is 16.2 Å². The summed E-state index contributed by atoms with van der Waals surface area (Å²) in [5, 5.41) is 3.09. The van der Waals surface area contributed by atoms with Crippen LogP contribution in [0.15, 0.2) is 5.38 Å². The monoisotopic (exact) mass is 325 g/mol. The number of carbonyl (C=O) groups is 1. The van der Waals surface area contributed by atoms with Crippen molar-refractivity contribution in [3.05, 3.63) is 16.1 Å². The lowest BCUT2D eigenvalue weighted by molar-refractivity contribution is -0.132. The van der Waals surface area contributed by atoms with Crippen LogP contribution in [0.4, 0.5) is 4.79 Å². The number of urea groups is 1. The zero-order valence-electron chi connectivity index (χ0n) is 12.9. The molecule has 1 aromatic rings. The Morgan fingerprint density at radius 1 is 1.68 bits per heavy atom. The van der Waals surface area contributed by atoms with Crippen molar-refractivity contribution in [1.82, 2.24) is 9.88 Å². The summed E-state index contributed by atoms with van der Waals surface area (Å²) in [4.78, 5) is 17.6. The molecule has 1 aliphatic heterocycles. The van der Waals surface area contributed by atoms with Gasteiger partial charge in [0, 0.05) is 17.8 Å². The lowest BCUT2D eigenvalue weighted by Crippen LogP contribution is -2.57. The van der Waals surface area contributed by atoms with Gasteiger partial charge in [-0.1, -0.05) is 6.42 Å². The van der Waals surface area contributed by atoms with Gasteiger partial charge in [-0.2, -0.15) is 0 Å². The van der Waals surface area contributed by atoms with Gasteiger partial charge in [0.1, 0.15) is 0 Å². The second-order valence-electron chi connectivity index (χ2n) is 6.14. The van der Waals surface area contributed by atoms with Crippen molar-refractivity contribution in [2.24, 2.45) is 11.7 Å². The number of nitrogens with two attached hydrogens (primary N) is 1. The number of primary amides is 1. The van der Waals surface area contributed by atoms with E-state index >= 15 is 0 Å². The maximum Gasteiger partial charge on any atom is 0.314 e. The van der Waals surface area contributed by atoms with Gasteiger partial charge >= 0.3 is 6.03 Å². The highest BCUT2D eigenvalue weighted by Gasteiger charge is 2.47. The quantitative estimate of drug-likeness (QED) is 0.917. The predicted octanol–water partition coefficient (Wildman–Crippen LogP) is 1.92. The fourth-order valence-electron chi connectivity index (χ4n) is 3.52. The van der Waals surface area contributed by atoms with Crippen molar-refractivity contribution in [3.63, 3.8) is 0 Å². The maximum atomic E-state index is 11.5. The summed E-state index contributed by atoms with van der Waals surface area (Å²) in [5.41, 5.74) is 6.15. The molecule has 0 unspecified atom stereocenters. The van der Waals surface area contributed by atoms with Crippen LogP contribution in [0.2, 0.25) is 0 Å². The number of ether oxygens (including phenoxy) is 2. The van der Waals surface area contributed by atoms with Gasteiger partial charge in [-0.15, -0.1) is 11.3 Å². The summed E-state index contributed by atoms with van der Waals surface area (Å²) in [6, 6.07) is -0.354. The lowest BCUT2D eigenvalue weighted by atomic mass is 9.89. The number of aromatic nitrogens is 1. The molecule has 0 aromatic carbocycles. The maximum absolute atomic E-state index is 11.5. The van der Waals surface area contributed by atoms with Gasteiger partial charge in [-0.05, 0) is 19.8 Å². The molecule has 2 N–H and O–H groups in total. The van der Waals surface area contributed by atoms with Crippen molar-refractivity contribution >= 4 is 17.4 Å². The van der Waals surface area contributed by atoms with Crippen molar-refractivity contribution in [2.75, 3.05) is 26.3 Å². The molecule has 2 amide bonds. The molecule has 2 fully saturated rings. The van der Waals surface area contributed by atoms with Gasteiger partial charge in [-0.3, -0.25) is 0 Å². The molecule has 2 heterocycles. The molecule has 2 atom stereocenters. The van der Waals surface area contributed by atoms with Crippen LogP contribution in [-0.4, -0.2) is 47.8 Å². The highest BCUT2D eigenvalue weighted by Crippen LogP contribution is 2.41. The number of aryl methyl sites for hydroxylation is 1. The smallest absolute Gasteiger partial charge is 0.314 e. The largest absolute Gasteiger partial charge is 0.375 e. The Morgan fingerprint density at radius 3 is 3.27 bits per heavy atom. The third-order valence-electron chi connectivity index (χ3n) is 4.65. The molecule has 1 aromatic heterocycles. The molecule has 0 radical (unpaired) electrons. The molecule has 1 aliphatic carbocycles. The van der Waals surface area contributed by atoms with Gasteiger partial charge in [0.2, 0.25) is 0 Å². The third kappa shape index (κ3) is 3.26. The highest BCUT2D eigenvalue weighted by atomic mass is 32.1. The fraction of sp³-hybridized carbons (Fsp3) is 0.733. The van der Waals surface area contributed by atoms with Crippen LogP contribution >= 0.6 is 11.3 Å². The van der Waals surface area contributed by atoms with Crippen molar-refractivity contribution in [3.8, 4) is 0 Å². The summed E-state index contributed by atoms with van der Waals surface area (Å²) >= 11 is 1.64. The van der Waals surface area contributed by atoms with E-state index in [-0.39, 0.29) is 11.6 Å². The Morgan fingerprint density at radius 2 is 2.55 bits per heavy atom. The first kappa shape index (κ1) is 15.7. The Labute approximate surface area is 134 Å². The molecule has 6 nitrogen and oxygen atoms in total. The molecule has 1 spiro atoms. The summed E-state index contributed by atoms with van der Waals surface area (Å²) in [5.74, 6) is 0.314. The summed E-state index contributed by atoms with van der Waals surface area (Å²) in [6.45, 7) is 4.91. The van der Waals surface area contributed by atoms with E-state index in [0.29, 0.717) is 38.8 Å². The lowest BCUT2D eigenvalue weighted by Gasteiger charge is -2.43. The molecule has 1 saturated heterocycles. The zero-order chi connectivity index (χ0) is 15.6. The minimum absolute atomic E-state index is 0.273. The van der Waals surface area contributed by atoms with Crippen LogP contribution < -0.4 is 5.73 Å². The summed E-state index contributed by atoms with van der Waals surface area (Å²) < 4.78 is 12.0. The molecule has 22 heavy (non-hydrogen) atoms.